The van der Waals surface area contributed by atoms with E-state index in [4.69, 9.17) is 0 Å². The predicted molar refractivity (Wildman–Crippen MR) is 72.3 cm³/mol. The van der Waals surface area contributed by atoms with E-state index in [0.717, 1.165) is 6.26 Å². The van der Waals surface area contributed by atoms with Crippen LogP contribution >= 0.6 is 0 Å². The van der Waals surface area contributed by atoms with Crippen molar-refractivity contribution in [2.24, 2.45) is 0 Å². The Kier molecular flexibility index (Phi) is 4.01. The third kappa shape index (κ3) is 3.08. The average Bonchev–Trinajstić information content (AvgIpc) is 2.23. The van der Waals surface area contributed by atoms with E-state index in [-0.39, 0.29) is 24.9 Å². The second-order valence-corrected chi connectivity index (χ2v) is 8.58. The Morgan fingerprint density at radius 3 is 2.32 bits per heavy atom. The van der Waals surface area contributed by atoms with E-state index >= 15 is 0 Å². The second-order valence-electron chi connectivity index (χ2n) is 5.93. The summed E-state index contributed by atoms with van der Waals surface area (Å²) < 4.78 is 22.3. The largest absolute Gasteiger partial charge is 0.340 e. The summed E-state index contributed by atoms with van der Waals surface area (Å²) in [4.78, 5) is 25.4. The Morgan fingerprint density at radius 1 is 1.37 bits per heavy atom. The van der Waals surface area contributed by atoms with E-state index in [1.807, 2.05) is 6.92 Å². The SMILES string of the molecule is CCC1(C)NC(=O)CN(CC(C)(C)S(C)(=O)=O)C1=O. The molecule has 110 valence electrons. The van der Waals surface area contributed by atoms with E-state index < -0.39 is 20.1 Å². The van der Waals surface area contributed by atoms with Gasteiger partial charge in [0.15, 0.2) is 9.84 Å². The van der Waals surface area contributed by atoms with Crippen molar-refractivity contribution in [2.45, 2.75) is 44.4 Å². The minimum Gasteiger partial charge on any atom is -0.340 e. The van der Waals surface area contributed by atoms with Crippen molar-refractivity contribution in [3.05, 3.63) is 0 Å². The molecule has 1 aliphatic heterocycles. The normalized spacial score (nSPS) is 25.4. The van der Waals surface area contributed by atoms with Crippen LogP contribution in [0.25, 0.3) is 0 Å². The van der Waals surface area contributed by atoms with Gasteiger partial charge in [-0.1, -0.05) is 6.92 Å². The van der Waals surface area contributed by atoms with Gasteiger partial charge in [-0.25, -0.2) is 8.42 Å². The smallest absolute Gasteiger partial charge is 0.248 e. The van der Waals surface area contributed by atoms with Crippen molar-refractivity contribution in [1.29, 1.82) is 0 Å². The molecule has 1 N–H and O–H groups in total. The molecule has 0 aromatic heterocycles. The Hall–Kier alpha value is -1.11. The van der Waals surface area contributed by atoms with Gasteiger partial charge in [-0.3, -0.25) is 9.59 Å². The Labute approximate surface area is 114 Å². The minimum absolute atomic E-state index is 0.0215. The van der Waals surface area contributed by atoms with Crippen LogP contribution in [0.4, 0.5) is 0 Å². The third-order valence-electron chi connectivity index (χ3n) is 3.79. The third-order valence-corrected chi connectivity index (χ3v) is 5.93. The van der Waals surface area contributed by atoms with E-state index in [1.54, 1.807) is 20.8 Å². The number of piperazine rings is 1. The van der Waals surface area contributed by atoms with Crippen molar-refractivity contribution in [1.82, 2.24) is 10.2 Å². The monoisotopic (exact) mass is 290 g/mol. The van der Waals surface area contributed by atoms with E-state index in [2.05, 4.69) is 5.32 Å². The lowest BCUT2D eigenvalue weighted by molar-refractivity contribution is -0.149. The number of nitrogens with one attached hydrogen (secondary N) is 1. The lowest BCUT2D eigenvalue weighted by Crippen LogP contribution is -2.66. The Bertz CT molecular complexity index is 498. The molecule has 0 radical (unpaired) electrons. The van der Waals surface area contributed by atoms with Gasteiger partial charge in [0.25, 0.3) is 0 Å². The van der Waals surface area contributed by atoms with Crippen LogP contribution in [0.1, 0.15) is 34.1 Å². The lowest BCUT2D eigenvalue weighted by atomic mass is 9.94. The van der Waals surface area contributed by atoms with Crippen molar-refractivity contribution in [3.8, 4) is 0 Å². The molecule has 1 atom stereocenters. The highest BCUT2D eigenvalue weighted by molar-refractivity contribution is 7.92. The van der Waals surface area contributed by atoms with Crippen molar-refractivity contribution < 1.29 is 18.0 Å². The van der Waals surface area contributed by atoms with Gasteiger partial charge in [-0.15, -0.1) is 0 Å². The van der Waals surface area contributed by atoms with Gasteiger partial charge in [-0.05, 0) is 27.2 Å². The fourth-order valence-corrected chi connectivity index (χ4v) is 2.33. The minimum atomic E-state index is -3.31. The molecule has 0 aromatic rings. The number of carbonyl (C=O) groups is 2. The molecular formula is C12H22N2O4S. The summed E-state index contributed by atoms with van der Waals surface area (Å²) in [6, 6.07) is 0. The van der Waals surface area contributed by atoms with Crippen LogP contribution in [0, 0.1) is 0 Å². The van der Waals surface area contributed by atoms with E-state index in [0.29, 0.717) is 6.42 Å². The first-order valence-corrected chi connectivity index (χ1v) is 8.12. The molecule has 1 fully saturated rings. The van der Waals surface area contributed by atoms with Crippen LogP contribution in [0.3, 0.4) is 0 Å². The molecule has 6 nitrogen and oxygen atoms in total. The molecule has 0 aliphatic carbocycles. The second kappa shape index (κ2) is 4.77. The van der Waals surface area contributed by atoms with Crippen molar-refractivity contribution in [2.75, 3.05) is 19.3 Å². The van der Waals surface area contributed by atoms with Crippen molar-refractivity contribution >= 4 is 21.7 Å². The van der Waals surface area contributed by atoms with Crippen LogP contribution in [0.2, 0.25) is 0 Å². The number of amides is 2. The van der Waals surface area contributed by atoms with Crippen LogP contribution in [-0.2, 0) is 19.4 Å². The summed E-state index contributed by atoms with van der Waals surface area (Å²) in [5.74, 6) is -0.487. The molecule has 1 aliphatic rings. The fourth-order valence-electron chi connectivity index (χ4n) is 1.94. The summed E-state index contributed by atoms with van der Waals surface area (Å²) in [6.07, 6.45) is 1.61. The average molecular weight is 290 g/mol. The lowest BCUT2D eigenvalue weighted by Gasteiger charge is -2.41. The number of nitrogens with zero attached hydrogens (tertiary/aromatic N) is 1. The van der Waals surface area contributed by atoms with Crippen molar-refractivity contribution in [3.63, 3.8) is 0 Å². The van der Waals surface area contributed by atoms with Gasteiger partial charge in [0.05, 0.1) is 11.3 Å². The van der Waals surface area contributed by atoms with Gasteiger partial charge in [-0.2, -0.15) is 0 Å². The molecule has 1 saturated heterocycles. The molecule has 1 rings (SSSR count). The molecule has 7 heteroatoms. The number of hydrogen-bond donors (Lipinski definition) is 1. The van der Waals surface area contributed by atoms with Gasteiger partial charge in [0.1, 0.15) is 5.54 Å². The molecule has 0 bridgehead atoms. The number of hydrogen-bond acceptors (Lipinski definition) is 4. The summed E-state index contributed by atoms with van der Waals surface area (Å²) in [7, 11) is -3.31. The predicted octanol–water partition coefficient (Wildman–Crippen LogP) is -0.0633. The highest BCUT2D eigenvalue weighted by Gasteiger charge is 2.44. The molecule has 0 saturated carbocycles. The highest BCUT2D eigenvalue weighted by atomic mass is 32.2. The molecular weight excluding hydrogens is 268 g/mol. The van der Waals surface area contributed by atoms with Crippen LogP contribution in [0.15, 0.2) is 0 Å². The van der Waals surface area contributed by atoms with Gasteiger partial charge >= 0.3 is 0 Å². The standard InChI is InChI=1S/C12H22N2O4S/c1-6-12(4)10(16)14(7-9(15)13-12)8-11(2,3)19(5,17)18/h6-8H2,1-5H3,(H,13,15). The number of rotatable bonds is 4. The van der Waals surface area contributed by atoms with Crippen LogP contribution < -0.4 is 5.32 Å². The fraction of sp³-hybridized carbons (Fsp3) is 0.833. The highest BCUT2D eigenvalue weighted by Crippen LogP contribution is 2.23. The quantitative estimate of drug-likeness (QED) is 0.786. The molecule has 2 amide bonds. The molecule has 0 aromatic carbocycles. The first kappa shape index (κ1) is 15.9. The van der Waals surface area contributed by atoms with E-state index in [1.165, 1.54) is 4.90 Å². The van der Waals surface area contributed by atoms with E-state index in [9.17, 15) is 18.0 Å². The molecule has 1 heterocycles. The first-order chi connectivity index (χ1) is 8.43. The zero-order chi connectivity index (χ0) is 15.1. The zero-order valence-corrected chi connectivity index (χ0v) is 12.9. The first-order valence-electron chi connectivity index (χ1n) is 6.23. The molecule has 1 unspecified atom stereocenters. The topological polar surface area (TPSA) is 83.6 Å². The molecule has 19 heavy (non-hydrogen) atoms. The summed E-state index contributed by atoms with van der Waals surface area (Å²) in [5, 5.41) is 2.67. The summed E-state index contributed by atoms with van der Waals surface area (Å²) in [5.41, 5.74) is -0.942. The Balaban J connectivity index is 3.01. The molecule has 0 spiro atoms. The maximum absolute atomic E-state index is 12.3. The van der Waals surface area contributed by atoms with Crippen LogP contribution in [-0.4, -0.2) is 54.8 Å². The number of carbonyl (C=O) groups excluding carboxylic acids is 2. The zero-order valence-electron chi connectivity index (χ0n) is 12.1. The van der Waals surface area contributed by atoms with Gasteiger partial charge in [0, 0.05) is 12.8 Å². The maximum atomic E-state index is 12.3. The maximum Gasteiger partial charge on any atom is 0.248 e. The van der Waals surface area contributed by atoms with Gasteiger partial charge < -0.3 is 10.2 Å². The van der Waals surface area contributed by atoms with Crippen LogP contribution in [0.5, 0.6) is 0 Å². The Morgan fingerprint density at radius 2 is 1.89 bits per heavy atom. The summed E-state index contributed by atoms with van der Waals surface area (Å²) in [6.45, 7) is 6.52. The summed E-state index contributed by atoms with van der Waals surface area (Å²) >= 11 is 0. The number of sulfone groups is 1. The van der Waals surface area contributed by atoms with Gasteiger partial charge in [0.2, 0.25) is 11.8 Å².